The summed E-state index contributed by atoms with van der Waals surface area (Å²) in [5.74, 6) is -9.01. The molecular weight excluding hydrogens is 1200 g/mol. The van der Waals surface area contributed by atoms with Gasteiger partial charge in [-0.3, -0.25) is 52.7 Å². The lowest BCUT2D eigenvalue weighted by Crippen LogP contribution is -2.65. The quantitative estimate of drug-likeness (QED) is 0.228. The molecule has 4 aliphatic heterocycles. The van der Waals surface area contributed by atoms with Gasteiger partial charge in [-0.2, -0.15) is 13.2 Å². The Balaban J connectivity index is 1.22. The van der Waals surface area contributed by atoms with Crippen LogP contribution < -0.4 is 21.3 Å². The summed E-state index contributed by atoms with van der Waals surface area (Å²) in [6, 6.07) is -10.7. The minimum Gasteiger partial charge on any atom is -0.351 e. The van der Waals surface area contributed by atoms with E-state index >= 15 is 14.4 Å². The van der Waals surface area contributed by atoms with Crippen molar-refractivity contribution in [1.29, 1.82) is 0 Å². The molecule has 7 rings (SSSR count). The zero-order valence-corrected chi connectivity index (χ0v) is 56.3. The second-order valence-electron chi connectivity index (χ2n) is 28.1. The zero-order chi connectivity index (χ0) is 67.1. The van der Waals surface area contributed by atoms with Crippen LogP contribution in [0.5, 0.6) is 0 Å². The Morgan fingerprint density at radius 1 is 0.560 bits per heavy atom. The molecule has 0 aromatic rings. The average Bonchev–Trinajstić information content (AvgIpc) is 1.79. The van der Waals surface area contributed by atoms with Crippen LogP contribution in [0.25, 0.3) is 0 Å². The van der Waals surface area contributed by atoms with Gasteiger partial charge in [0.25, 0.3) is 0 Å². The standard InChI is InChI=1S/C65H103ClF3N11O11/c1-12-38(4)52-62(90)80-33-28-49(80)61(89)79-32-19-23-48(79)59(87)76(10)50(36-42-20-14-13-15-21-42)60(88)75(9)41(7)54(82)71-46(27-25-43-24-26-44(45(66)35-43)65(67,68)69)58(86)78-31-18-22-47(78)56(84)73-64(29-16-17-30-64)63(91)77(11)53(37(2)3)57(85)70-39(5)34-51(81)74(8)40(6)55(83)72-52/h37-50,52-53H,12-36H2,1-11H3,(H,70,85)(H,71,82)(H,72,83)(H,73,84)/t38-,39+,40-,41+,43?,44?,45?,46-,47-,48-,49-,50-,52-,53-/m0/s1. The highest BCUT2D eigenvalue weighted by atomic mass is 35.5. The summed E-state index contributed by atoms with van der Waals surface area (Å²) in [5.41, 5.74) is -1.47. The molecule has 26 heteroatoms. The highest BCUT2D eigenvalue weighted by Gasteiger charge is 2.52. The van der Waals surface area contributed by atoms with Crippen LogP contribution in [0.1, 0.15) is 190 Å². The largest absolute Gasteiger partial charge is 0.393 e. The maximum atomic E-state index is 15.2. The van der Waals surface area contributed by atoms with Crippen molar-refractivity contribution < 1.29 is 65.9 Å². The van der Waals surface area contributed by atoms with E-state index in [0.717, 1.165) is 32.1 Å². The predicted molar refractivity (Wildman–Crippen MR) is 334 cm³/mol. The molecule has 11 amide bonds. The Morgan fingerprint density at radius 3 is 1.73 bits per heavy atom. The smallest absolute Gasteiger partial charge is 0.351 e. The van der Waals surface area contributed by atoms with E-state index in [9.17, 15) is 51.5 Å². The number of hydrogen-bond acceptors (Lipinski definition) is 11. The summed E-state index contributed by atoms with van der Waals surface area (Å²) >= 11 is 6.39. The topological polar surface area (TPSA) is 259 Å². The number of nitrogens with zero attached hydrogens (tertiary/aromatic N) is 7. The molecule has 3 unspecified atom stereocenters. The first kappa shape index (κ1) is 72.7. The van der Waals surface area contributed by atoms with Gasteiger partial charge in [-0.1, -0.05) is 79.1 Å². The van der Waals surface area contributed by atoms with Gasteiger partial charge in [0.2, 0.25) is 65.0 Å². The van der Waals surface area contributed by atoms with E-state index in [1.807, 2.05) is 6.92 Å². The fraction of sp³-hybridized carbons (Fsp3) is 0.831. The number of fused-ring (bicyclic) bond motifs is 3. The van der Waals surface area contributed by atoms with Gasteiger partial charge in [-0.25, -0.2) is 0 Å². The Hall–Kier alpha value is -5.75. The molecule has 0 aromatic carbocycles. The zero-order valence-electron chi connectivity index (χ0n) is 55.5. The van der Waals surface area contributed by atoms with E-state index in [1.54, 1.807) is 27.7 Å². The Bertz CT molecular complexity index is 2680. The first-order valence-corrected chi connectivity index (χ1v) is 34.2. The number of alkyl halides is 4. The number of carbonyl (C=O) groups excluding carboxylic acids is 11. The lowest BCUT2D eigenvalue weighted by Gasteiger charge is -2.45. The number of nitrogens with one attached hydrogen (secondary N) is 4. The van der Waals surface area contributed by atoms with Crippen molar-refractivity contribution in [1.82, 2.24) is 55.6 Å². The molecule has 22 nitrogen and oxygen atoms in total. The van der Waals surface area contributed by atoms with E-state index in [4.69, 9.17) is 11.6 Å². The molecule has 0 bridgehead atoms. The molecule has 3 saturated carbocycles. The second kappa shape index (κ2) is 31.0. The number of likely N-dealkylation sites (N-methyl/N-ethyl adjacent to an activating group) is 4. The highest BCUT2D eigenvalue weighted by molar-refractivity contribution is 6.20. The van der Waals surface area contributed by atoms with Gasteiger partial charge in [-0.15, -0.1) is 11.6 Å². The van der Waals surface area contributed by atoms with Crippen LogP contribution in [-0.2, 0) is 52.7 Å². The van der Waals surface area contributed by atoms with E-state index in [1.165, 1.54) is 76.3 Å². The van der Waals surface area contributed by atoms with Gasteiger partial charge < -0.3 is 55.6 Å². The van der Waals surface area contributed by atoms with Crippen LogP contribution >= 0.6 is 11.6 Å². The Morgan fingerprint density at radius 2 is 1.14 bits per heavy atom. The van der Waals surface area contributed by atoms with Crippen LogP contribution in [0, 0.1) is 29.6 Å². The summed E-state index contributed by atoms with van der Waals surface area (Å²) in [4.78, 5) is 171. The van der Waals surface area contributed by atoms with Crippen LogP contribution in [0.2, 0.25) is 0 Å². The van der Waals surface area contributed by atoms with Crippen molar-refractivity contribution in [3.05, 3.63) is 0 Å². The molecule has 7 fully saturated rings. The van der Waals surface area contributed by atoms with Crippen molar-refractivity contribution in [2.24, 2.45) is 29.6 Å². The molecule has 3 aliphatic carbocycles. The normalized spacial score (nSPS) is 33.1. The molecule has 1 spiro atoms. The number of halogens is 4. The van der Waals surface area contributed by atoms with Gasteiger partial charge in [-0.05, 0) is 128 Å². The fourth-order valence-electron chi connectivity index (χ4n) is 15.2. The third-order valence-electron chi connectivity index (χ3n) is 21.6. The first-order valence-electron chi connectivity index (χ1n) is 33.7. The van der Waals surface area contributed by atoms with Crippen LogP contribution in [-0.4, -0.2) is 225 Å². The van der Waals surface area contributed by atoms with E-state index in [2.05, 4.69) is 21.3 Å². The minimum atomic E-state index is -4.49. The molecule has 14 atom stereocenters. The Kier molecular flexibility index (Phi) is 24.8. The minimum absolute atomic E-state index is 0.0162. The third-order valence-corrected chi connectivity index (χ3v) is 22.1. The van der Waals surface area contributed by atoms with Gasteiger partial charge in [0.05, 0.1) is 5.92 Å². The number of hydrogen-bond donors (Lipinski definition) is 4. The SMILES string of the molecule is CC[C@H](C)[C@@H]1NC(=O)[C@H](C)N(C)C(=O)C[C@@H](C)NC(=O)[C@H](C(C)C)N(C)C(=O)C2(CCCC2)NC(=O)[C@@H]2CCCN2C(=O)[C@H](CCC2CCC(C(F)(F)F)C(Cl)C2)NC(=O)[C@@H](C)N(C)C(=O)[C@H](CC2CCCCC2)N(C)C(=O)[C@@H]2CCCN2C(=O)[C@@H]2CCN2C1=O. The maximum absolute atomic E-state index is 15.2. The van der Waals surface area contributed by atoms with Gasteiger partial charge >= 0.3 is 6.18 Å². The highest BCUT2D eigenvalue weighted by Crippen LogP contribution is 2.44. The van der Waals surface area contributed by atoms with E-state index in [0.29, 0.717) is 38.5 Å². The monoisotopic (exact) mass is 1310 g/mol. The lowest BCUT2D eigenvalue weighted by molar-refractivity contribution is -0.182. The Labute approximate surface area is 540 Å². The summed E-state index contributed by atoms with van der Waals surface area (Å²) in [7, 11) is 5.91. The summed E-state index contributed by atoms with van der Waals surface area (Å²) in [5, 5.41) is 10.5. The third kappa shape index (κ3) is 16.6. The fourth-order valence-corrected chi connectivity index (χ4v) is 15.7. The van der Waals surface area contributed by atoms with Crippen LogP contribution in [0.3, 0.4) is 0 Å². The van der Waals surface area contributed by atoms with Gasteiger partial charge in [0.15, 0.2) is 0 Å². The van der Waals surface area contributed by atoms with Crippen LogP contribution in [0.15, 0.2) is 0 Å². The molecule has 4 heterocycles. The van der Waals surface area contributed by atoms with Crippen molar-refractivity contribution in [3.8, 4) is 0 Å². The summed E-state index contributed by atoms with van der Waals surface area (Å²) < 4.78 is 41.9. The van der Waals surface area contributed by atoms with Crippen molar-refractivity contribution >= 4 is 76.6 Å². The molecule has 0 radical (unpaired) electrons. The molecule has 91 heavy (non-hydrogen) atoms. The van der Waals surface area contributed by atoms with Crippen molar-refractivity contribution in [2.45, 2.75) is 267 Å². The molecule has 7 aliphatic rings. The molecule has 0 aromatic heterocycles. The van der Waals surface area contributed by atoms with E-state index in [-0.39, 0.29) is 102 Å². The van der Waals surface area contributed by atoms with Crippen molar-refractivity contribution in [2.75, 3.05) is 47.8 Å². The molecular formula is C65H103ClF3N11O11. The first-order chi connectivity index (χ1) is 42.8. The second-order valence-corrected chi connectivity index (χ2v) is 28.6. The average molecular weight is 1310 g/mol. The number of rotatable bonds is 8. The number of carbonyl (C=O) groups is 11. The summed E-state index contributed by atoms with van der Waals surface area (Å²) in [6.45, 7) is 12.4. The molecule has 4 saturated heterocycles. The van der Waals surface area contributed by atoms with Crippen LogP contribution in [0.4, 0.5) is 13.2 Å². The van der Waals surface area contributed by atoms with E-state index < -0.39 is 160 Å². The summed E-state index contributed by atoms with van der Waals surface area (Å²) in [6.07, 6.45) is 3.85. The maximum Gasteiger partial charge on any atom is 0.393 e. The molecule has 512 valence electrons. The number of amides is 11. The lowest BCUT2D eigenvalue weighted by atomic mass is 9.78. The molecule has 4 N–H and O–H groups in total. The predicted octanol–water partition coefficient (Wildman–Crippen LogP) is 5.26. The van der Waals surface area contributed by atoms with Gasteiger partial charge in [0.1, 0.15) is 59.9 Å². The van der Waals surface area contributed by atoms with Crippen molar-refractivity contribution in [3.63, 3.8) is 0 Å². The van der Waals surface area contributed by atoms with Gasteiger partial charge in [0, 0.05) is 65.7 Å².